The summed E-state index contributed by atoms with van der Waals surface area (Å²) in [4.78, 5) is 22.0. The number of fused-ring (bicyclic) bond motifs is 1. The lowest BCUT2D eigenvalue weighted by Crippen LogP contribution is -2.24. The van der Waals surface area contributed by atoms with Crippen molar-refractivity contribution in [2.75, 3.05) is 6.61 Å². The van der Waals surface area contributed by atoms with Gasteiger partial charge in [-0.1, -0.05) is 39.4 Å². The zero-order valence-electron chi connectivity index (χ0n) is 16.3. The third-order valence-corrected chi connectivity index (χ3v) is 7.01. The molecule has 2 heterocycles. The molecule has 2 aromatic rings. The molecule has 26 heavy (non-hydrogen) atoms. The number of hydrogen-bond donors (Lipinski definition) is 0. The molecule has 1 fully saturated rings. The van der Waals surface area contributed by atoms with Crippen molar-refractivity contribution in [3.05, 3.63) is 18.0 Å². The van der Waals surface area contributed by atoms with Crippen molar-refractivity contribution in [3.63, 3.8) is 0 Å². The van der Waals surface area contributed by atoms with Crippen molar-refractivity contribution in [1.82, 2.24) is 14.5 Å². The van der Waals surface area contributed by atoms with Gasteiger partial charge in [0.05, 0.1) is 5.56 Å². The van der Waals surface area contributed by atoms with E-state index in [1.54, 1.807) is 0 Å². The summed E-state index contributed by atoms with van der Waals surface area (Å²) in [5, 5.41) is 0. The second-order valence-electron chi connectivity index (χ2n) is 8.92. The van der Waals surface area contributed by atoms with E-state index in [4.69, 9.17) is 12.6 Å². The van der Waals surface area contributed by atoms with Gasteiger partial charge in [0.15, 0.2) is 11.4 Å². The van der Waals surface area contributed by atoms with Gasteiger partial charge in [0.1, 0.15) is 20.1 Å². The number of ketones is 1. The monoisotopic (exact) mass is 369 g/mol. The molecular weight excluding hydrogens is 341 g/mol. The van der Waals surface area contributed by atoms with Gasteiger partial charge in [-0.05, 0) is 18.9 Å². The van der Waals surface area contributed by atoms with Gasteiger partial charge in [-0.15, -0.1) is 0 Å². The Morgan fingerprint density at radius 1 is 1.35 bits per heavy atom. The summed E-state index contributed by atoms with van der Waals surface area (Å²) in [5.41, 5.74) is 1.91. The fourth-order valence-electron chi connectivity index (χ4n) is 3.58. The highest BCUT2D eigenvalue weighted by molar-refractivity contribution is 6.76. The van der Waals surface area contributed by atoms with Crippen molar-refractivity contribution in [2.24, 2.45) is 5.41 Å². The molecule has 1 aliphatic rings. The van der Waals surface area contributed by atoms with Crippen LogP contribution in [0.1, 0.15) is 43.0 Å². The number of carbonyl (C=O) groups excluding carboxylic acids is 1. The van der Waals surface area contributed by atoms with Gasteiger partial charge < -0.3 is 9.30 Å². The van der Waals surface area contributed by atoms with Crippen molar-refractivity contribution < 1.29 is 9.53 Å². The van der Waals surface area contributed by atoms with Crippen LogP contribution in [0.4, 0.5) is 0 Å². The Balaban J connectivity index is 1.87. The number of carbonyl (C=O) groups is 1. The van der Waals surface area contributed by atoms with Crippen LogP contribution in [0.15, 0.2) is 12.4 Å². The number of nitrogens with zero attached hydrogens (tertiary/aromatic N) is 3. The SMILES string of the molecule is [B]c1cnc2c(n1)c(C(=O)C1(C)CCCC1)cn2COCC[Si](C)(C)C. The van der Waals surface area contributed by atoms with Crippen molar-refractivity contribution >= 4 is 38.5 Å². The van der Waals surface area contributed by atoms with E-state index in [9.17, 15) is 4.79 Å². The normalized spacial score (nSPS) is 17.1. The van der Waals surface area contributed by atoms with Gasteiger partial charge in [0, 0.05) is 38.1 Å². The third kappa shape index (κ3) is 4.09. The van der Waals surface area contributed by atoms with Gasteiger partial charge >= 0.3 is 0 Å². The summed E-state index contributed by atoms with van der Waals surface area (Å²) in [6.07, 6.45) is 7.46. The minimum Gasteiger partial charge on any atom is -0.361 e. The molecule has 3 rings (SSSR count). The second-order valence-corrected chi connectivity index (χ2v) is 14.5. The highest BCUT2D eigenvalue weighted by atomic mass is 28.3. The molecule has 0 aromatic carbocycles. The number of ether oxygens (including phenoxy) is 1. The first-order chi connectivity index (χ1) is 12.2. The first-order valence-electron chi connectivity index (χ1n) is 9.44. The molecule has 1 saturated carbocycles. The smallest absolute Gasteiger partial charge is 0.172 e. The lowest BCUT2D eigenvalue weighted by atomic mass is 9.81. The number of Topliss-reactive ketones (excluding diaryl/α,β-unsaturated/α-hetero) is 1. The lowest BCUT2D eigenvalue weighted by Gasteiger charge is -2.20. The van der Waals surface area contributed by atoms with Crippen LogP contribution in [-0.2, 0) is 11.5 Å². The van der Waals surface area contributed by atoms with Crippen LogP contribution in [0, 0.1) is 5.41 Å². The van der Waals surface area contributed by atoms with Crippen LogP contribution in [0.5, 0.6) is 0 Å². The molecule has 0 amide bonds. The van der Waals surface area contributed by atoms with Crippen LogP contribution >= 0.6 is 0 Å². The zero-order valence-corrected chi connectivity index (χ0v) is 17.3. The molecule has 0 spiro atoms. The number of aromatic nitrogens is 3. The van der Waals surface area contributed by atoms with Gasteiger partial charge in [0.2, 0.25) is 0 Å². The average molecular weight is 369 g/mol. The Hall–Kier alpha value is -1.47. The molecule has 0 bridgehead atoms. The van der Waals surface area contributed by atoms with Crippen LogP contribution < -0.4 is 5.59 Å². The molecule has 0 saturated heterocycles. The fourth-order valence-corrected chi connectivity index (χ4v) is 4.34. The summed E-state index contributed by atoms with van der Waals surface area (Å²) in [6, 6.07) is 1.11. The van der Waals surface area contributed by atoms with Crippen LogP contribution in [0.2, 0.25) is 25.7 Å². The van der Waals surface area contributed by atoms with E-state index in [1.165, 1.54) is 6.20 Å². The predicted octanol–water partition coefficient (Wildman–Crippen LogP) is 3.30. The largest absolute Gasteiger partial charge is 0.361 e. The van der Waals surface area contributed by atoms with E-state index in [1.807, 2.05) is 10.8 Å². The maximum absolute atomic E-state index is 13.2. The van der Waals surface area contributed by atoms with E-state index in [-0.39, 0.29) is 11.2 Å². The Labute approximate surface area is 158 Å². The Bertz CT molecular complexity index is 807. The summed E-state index contributed by atoms with van der Waals surface area (Å²) in [5.74, 6) is 0.153. The Morgan fingerprint density at radius 2 is 2.04 bits per heavy atom. The molecule has 7 heteroatoms. The fraction of sp³-hybridized carbons (Fsp3) is 0.632. The van der Waals surface area contributed by atoms with Crippen LogP contribution in [0.25, 0.3) is 11.2 Å². The quantitative estimate of drug-likeness (QED) is 0.427. The second kappa shape index (κ2) is 7.27. The Kier molecular flexibility index (Phi) is 5.40. The minimum absolute atomic E-state index is 0.153. The molecule has 2 aromatic heterocycles. The number of hydrogen-bond acceptors (Lipinski definition) is 4. The maximum atomic E-state index is 13.2. The molecular formula is C19H28BN3O2Si. The topological polar surface area (TPSA) is 57.0 Å². The summed E-state index contributed by atoms with van der Waals surface area (Å²) >= 11 is 0. The van der Waals surface area contributed by atoms with Gasteiger partial charge in [0.25, 0.3) is 0 Å². The third-order valence-electron chi connectivity index (χ3n) is 5.31. The maximum Gasteiger partial charge on any atom is 0.172 e. The highest BCUT2D eigenvalue weighted by Crippen LogP contribution is 2.41. The summed E-state index contributed by atoms with van der Waals surface area (Å²) < 4.78 is 7.75. The van der Waals surface area contributed by atoms with Crippen molar-refractivity contribution in [2.45, 2.75) is 65.0 Å². The van der Waals surface area contributed by atoms with E-state index in [0.717, 1.165) is 38.3 Å². The standard InChI is InChI=1S/C19H28BN3O2Si/c1-19(7-5-6-8-19)17(24)14-12-23(13-25-9-10-26(2,3)4)18-16(14)22-15(20)11-21-18/h11-12H,5-10,13H2,1-4H3. The van der Waals surface area contributed by atoms with E-state index >= 15 is 0 Å². The van der Waals surface area contributed by atoms with E-state index in [2.05, 4.69) is 36.5 Å². The summed E-state index contributed by atoms with van der Waals surface area (Å²) in [7, 11) is 4.71. The van der Waals surface area contributed by atoms with Crippen molar-refractivity contribution in [3.8, 4) is 0 Å². The minimum atomic E-state index is -1.13. The van der Waals surface area contributed by atoms with E-state index in [0.29, 0.717) is 29.1 Å². The van der Waals surface area contributed by atoms with E-state index < -0.39 is 8.07 Å². The number of rotatable bonds is 7. The van der Waals surface area contributed by atoms with Gasteiger partial charge in [-0.3, -0.25) is 9.78 Å². The molecule has 5 nitrogen and oxygen atoms in total. The molecule has 138 valence electrons. The lowest BCUT2D eigenvalue weighted by molar-refractivity contribution is 0.0818. The van der Waals surface area contributed by atoms with Crippen LogP contribution in [-0.4, -0.2) is 42.8 Å². The Morgan fingerprint density at radius 3 is 2.69 bits per heavy atom. The van der Waals surface area contributed by atoms with Gasteiger partial charge in [-0.25, -0.2) is 4.98 Å². The van der Waals surface area contributed by atoms with Crippen molar-refractivity contribution in [1.29, 1.82) is 0 Å². The van der Waals surface area contributed by atoms with Gasteiger partial charge in [-0.2, -0.15) is 0 Å². The predicted molar refractivity (Wildman–Crippen MR) is 108 cm³/mol. The average Bonchev–Trinajstić information content (AvgIpc) is 3.15. The first kappa shape index (κ1) is 19.3. The summed E-state index contributed by atoms with van der Waals surface area (Å²) in [6.45, 7) is 10.1. The molecule has 0 unspecified atom stereocenters. The van der Waals surface area contributed by atoms with Crippen LogP contribution in [0.3, 0.4) is 0 Å². The molecule has 0 N–H and O–H groups in total. The zero-order chi connectivity index (χ0) is 18.9. The molecule has 1 aliphatic carbocycles. The molecule has 0 aliphatic heterocycles. The first-order valence-corrected chi connectivity index (χ1v) is 13.1. The molecule has 0 atom stereocenters. The molecule has 2 radical (unpaired) electrons. The highest BCUT2D eigenvalue weighted by Gasteiger charge is 2.38.